The zero-order chi connectivity index (χ0) is 15.5. The number of hydrogen-bond acceptors (Lipinski definition) is 2. The average Bonchev–Trinajstić information content (AvgIpc) is 2.45. The van der Waals surface area contributed by atoms with Crippen LogP contribution in [0.3, 0.4) is 0 Å². The molecule has 0 aliphatic heterocycles. The molecule has 1 aliphatic rings. The highest BCUT2D eigenvalue weighted by Crippen LogP contribution is 2.43. The SMILES string of the molecule is CCNC(c1cc(C)ccc1OC)C1CCC(F)(F)CC1. The summed E-state index contributed by atoms with van der Waals surface area (Å²) in [5, 5.41) is 3.47. The van der Waals surface area contributed by atoms with E-state index in [1.165, 1.54) is 0 Å². The lowest BCUT2D eigenvalue weighted by atomic mass is 9.79. The van der Waals surface area contributed by atoms with Crippen LogP contribution in [0.5, 0.6) is 5.75 Å². The van der Waals surface area contributed by atoms with Crippen LogP contribution in [-0.2, 0) is 0 Å². The summed E-state index contributed by atoms with van der Waals surface area (Å²) in [6.07, 6.45) is 1.10. The summed E-state index contributed by atoms with van der Waals surface area (Å²) in [5.74, 6) is -1.41. The van der Waals surface area contributed by atoms with Gasteiger partial charge in [-0.15, -0.1) is 0 Å². The maximum absolute atomic E-state index is 13.4. The molecule has 118 valence electrons. The van der Waals surface area contributed by atoms with Crippen molar-refractivity contribution in [3.8, 4) is 5.75 Å². The summed E-state index contributed by atoms with van der Waals surface area (Å²) in [4.78, 5) is 0. The summed E-state index contributed by atoms with van der Waals surface area (Å²) in [6.45, 7) is 4.91. The third kappa shape index (κ3) is 3.94. The molecule has 2 rings (SSSR count). The summed E-state index contributed by atoms with van der Waals surface area (Å²) < 4.78 is 32.3. The van der Waals surface area contributed by atoms with Gasteiger partial charge in [0.05, 0.1) is 7.11 Å². The fourth-order valence-electron chi connectivity index (χ4n) is 3.24. The number of methoxy groups -OCH3 is 1. The molecule has 0 amide bonds. The van der Waals surface area contributed by atoms with E-state index in [4.69, 9.17) is 4.74 Å². The van der Waals surface area contributed by atoms with Crippen LogP contribution in [0.4, 0.5) is 8.78 Å². The third-order valence-electron chi connectivity index (χ3n) is 4.38. The Morgan fingerprint density at radius 1 is 1.33 bits per heavy atom. The van der Waals surface area contributed by atoms with Crippen molar-refractivity contribution in [2.75, 3.05) is 13.7 Å². The first-order chi connectivity index (χ1) is 9.96. The number of hydrogen-bond donors (Lipinski definition) is 1. The summed E-state index contributed by atoms with van der Waals surface area (Å²) in [5.41, 5.74) is 2.25. The number of nitrogens with one attached hydrogen (secondary N) is 1. The van der Waals surface area contributed by atoms with E-state index in [0.717, 1.165) is 23.4 Å². The number of rotatable bonds is 5. The van der Waals surface area contributed by atoms with Gasteiger partial charge in [-0.05, 0) is 38.3 Å². The van der Waals surface area contributed by atoms with Crippen molar-refractivity contribution in [3.05, 3.63) is 29.3 Å². The van der Waals surface area contributed by atoms with E-state index < -0.39 is 5.92 Å². The van der Waals surface area contributed by atoms with Gasteiger partial charge in [0.15, 0.2) is 0 Å². The van der Waals surface area contributed by atoms with Crippen molar-refractivity contribution in [1.29, 1.82) is 0 Å². The summed E-state index contributed by atoms with van der Waals surface area (Å²) >= 11 is 0. The van der Waals surface area contributed by atoms with Crippen molar-refractivity contribution in [3.63, 3.8) is 0 Å². The number of alkyl halides is 2. The largest absolute Gasteiger partial charge is 0.496 e. The van der Waals surface area contributed by atoms with E-state index >= 15 is 0 Å². The standard InChI is InChI=1S/C17H25F2NO/c1-4-20-16(13-7-9-17(18,19)10-8-13)14-11-12(2)5-6-15(14)21-3/h5-6,11,13,16,20H,4,7-10H2,1-3H3. The lowest BCUT2D eigenvalue weighted by molar-refractivity contribution is -0.0497. The van der Waals surface area contributed by atoms with E-state index in [0.29, 0.717) is 12.8 Å². The Balaban J connectivity index is 2.25. The van der Waals surface area contributed by atoms with Crippen molar-refractivity contribution in [1.82, 2.24) is 5.32 Å². The number of aryl methyl sites for hydroxylation is 1. The lowest BCUT2D eigenvalue weighted by Gasteiger charge is -2.35. The molecule has 1 unspecified atom stereocenters. The normalized spacial score (nSPS) is 20.2. The van der Waals surface area contributed by atoms with E-state index in [2.05, 4.69) is 11.4 Å². The van der Waals surface area contributed by atoms with Crippen LogP contribution in [-0.4, -0.2) is 19.6 Å². The Labute approximate surface area is 125 Å². The Hall–Kier alpha value is -1.16. The highest BCUT2D eigenvalue weighted by Gasteiger charge is 2.38. The molecule has 1 aromatic carbocycles. The van der Waals surface area contributed by atoms with Gasteiger partial charge in [-0.3, -0.25) is 0 Å². The molecule has 0 bridgehead atoms. The van der Waals surface area contributed by atoms with Crippen LogP contribution in [0.1, 0.15) is 49.8 Å². The number of benzene rings is 1. The quantitative estimate of drug-likeness (QED) is 0.865. The molecule has 21 heavy (non-hydrogen) atoms. The molecular weight excluding hydrogens is 272 g/mol. The van der Waals surface area contributed by atoms with Crippen molar-refractivity contribution < 1.29 is 13.5 Å². The summed E-state index contributed by atoms with van der Waals surface area (Å²) in [6, 6.07) is 6.17. The molecule has 1 atom stereocenters. The smallest absolute Gasteiger partial charge is 0.248 e. The average molecular weight is 297 g/mol. The highest BCUT2D eigenvalue weighted by molar-refractivity contribution is 5.39. The number of ether oxygens (including phenoxy) is 1. The van der Waals surface area contributed by atoms with Crippen LogP contribution in [0.25, 0.3) is 0 Å². The van der Waals surface area contributed by atoms with Crippen LogP contribution < -0.4 is 10.1 Å². The van der Waals surface area contributed by atoms with Gasteiger partial charge in [0.25, 0.3) is 0 Å². The number of halogens is 2. The molecule has 1 saturated carbocycles. The topological polar surface area (TPSA) is 21.3 Å². The molecule has 1 aliphatic carbocycles. The third-order valence-corrected chi connectivity index (χ3v) is 4.38. The first kappa shape index (κ1) is 16.2. The summed E-state index contributed by atoms with van der Waals surface area (Å²) in [7, 11) is 1.66. The van der Waals surface area contributed by atoms with E-state index in [1.54, 1.807) is 7.11 Å². The molecule has 4 heteroatoms. The van der Waals surface area contributed by atoms with Crippen molar-refractivity contribution in [2.45, 2.75) is 51.5 Å². The molecule has 2 nitrogen and oxygen atoms in total. The van der Waals surface area contributed by atoms with E-state index in [-0.39, 0.29) is 24.8 Å². The monoisotopic (exact) mass is 297 g/mol. The molecular formula is C17H25F2NO. The second kappa shape index (κ2) is 6.73. The lowest BCUT2D eigenvalue weighted by Crippen LogP contribution is -2.34. The Bertz CT molecular complexity index is 466. The van der Waals surface area contributed by atoms with E-state index in [9.17, 15) is 8.78 Å². The van der Waals surface area contributed by atoms with Gasteiger partial charge in [-0.2, -0.15) is 0 Å². The predicted molar refractivity (Wildman–Crippen MR) is 81.1 cm³/mol. The minimum atomic E-state index is -2.48. The Morgan fingerprint density at radius 3 is 2.57 bits per heavy atom. The van der Waals surface area contributed by atoms with Gasteiger partial charge in [0.1, 0.15) is 5.75 Å². The molecule has 0 aromatic heterocycles. The van der Waals surface area contributed by atoms with Gasteiger partial charge in [-0.1, -0.05) is 24.6 Å². The van der Waals surface area contributed by atoms with E-state index in [1.807, 2.05) is 26.0 Å². The van der Waals surface area contributed by atoms with Crippen molar-refractivity contribution in [2.24, 2.45) is 5.92 Å². The maximum Gasteiger partial charge on any atom is 0.248 e. The van der Waals surface area contributed by atoms with Crippen LogP contribution >= 0.6 is 0 Å². The molecule has 1 aromatic rings. The fourth-order valence-corrected chi connectivity index (χ4v) is 3.24. The first-order valence-corrected chi connectivity index (χ1v) is 7.72. The maximum atomic E-state index is 13.4. The molecule has 1 fully saturated rings. The van der Waals surface area contributed by atoms with Gasteiger partial charge in [0.2, 0.25) is 5.92 Å². The predicted octanol–water partition coefficient (Wildman–Crippen LogP) is 4.48. The molecule has 0 saturated heterocycles. The molecule has 0 heterocycles. The van der Waals surface area contributed by atoms with Crippen LogP contribution in [0.2, 0.25) is 0 Å². The Kier molecular flexibility index (Phi) is 5.20. The van der Waals surface area contributed by atoms with Crippen LogP contribution in [0, 0.1) is 12.8 Å². The zero-order valence-corrected chi connectivity index (χ0v) is 13.1. The van der Waals surface area contributed by atoms with Crippen LogP contribution in [0.15, 0.2) is 18.2 Å². The second-order valence-corrected chi connectivity index (χ2v) is 5.97. The second-order valence-electron chi connectivity index (χ2n) is 5.97. The van der Waals surface area contributed by atoms with Gasteiger partial charge in [0, 0.05) is 24.4 Å². The molecule has 0 radical (unpaired) electrons. The minimum absolute atomic E-state index is 0.00626. The van der Waals surface area contributed by atoms with Crippen molar-refractivity contribution >= 4 is 0 Å². The Morgan fingerprint density at radius 2 is 2.00 bits per heavy atom. The zero-order valence-electron chi connectivity index (χ0n) is 13.1. The van der Waals surface area contributed by atoms with Gasteiger partial charge < -0.3 is 10.1 Å². The molecule has 1 N–H and O–H groups in total. The minimum Gasteiger partial charge on any atom is -0.496 e. The highest BCUT2D eigenvalue weighted by atomic mass is 19.3. The fraction of sp³-hybridized carbons (Fsp3) is 0.647. The van der Waals surface area contributed by atoms with Gasteiger partial charge >= 0.3 is 0 Å². The van der Waals surface area contributed by atoms with Gasteiger partial charge in [-0.25, -0.2) is 8.78 Å². The molecule has 0 spiro atoms. The first-order valence-electron chi connectivity index (χ1n) is 7.72.